The van der Waals surface area contributed by atoms with Gasteiger partial charge in [-0.2, -0.15) is 0 Å². The molecule has 1 saturated heterocycles. The lowest BCUT2D eigenvalue weighted by Crippen LogP contribution is -2.29. The minimum absolute atomic E-state index is 0.114. The van der Waals surface area contributed by atoms with Crippen LogP contribution in [0.25, 0.3) is 0 Å². The van der Waals surface area contributed by atoms with Gasteiger partial charge in [-0.05, 0) is 25.0 Å². The number of rotatable bonds is 5. The van der Waals surface area contributed by atoms with Crippen LogP contribution in [0.2, 0.25) is 0 Å². The van der Waals surface area contributed by atoms with Gasteiger partial charge < -0.3 is 14.7 Å². The first-order chi connectivity index (χ1) is 8.75. The normalized spacial score (nSPS) is 18.9. The van der Waals surface area contributed by atoms with E-state index < -0.39 is 0 Å². The molecule has 1 aromatic rings. The van der Waals surface area contributed by atoms with Crippen LogP contribution in [0.5, 0.6) is 5.75 Å². The fourth-order valence-electron chi connectivity index (χ4n) is 2.06. The molecule has 0 saturated carbocycles. The number of carbonyl (C=O) groups is 1. The Morgan fingerprint density at radius 2 is 2.17 bits per heavy atom. The molecule has 4 nitrogen and oxygen atoms in total. The van der Waals surface area contributed by atoms with Crippen molar-refractivity contribution in [2.75, 3.05) is 19.7 Å². The van der Waals surface area contributed by atoms with Gasteiger partial charge in [-0.15, -0.1) is 0 Å². The fraction of sp³-hybridized carbons (Fsp3) is 0.500. The van der Waals surface area contributed by atoms with Crippen molar-refractivity contribution in [2.45, 2.75) is 25.4 Å². The first kappa shape index (κ1) is 12.9. The zero-order valence-corrected chi connectivity index (χ0v) is 10.4. The average Bonchev–Trinajstić information content (AvgIpc) is 2.82. The fourth-order valence-corrected chi connectivity index (χ4v) is 2.06. The largest absolute Gasteiger partial charge is 0.494 e. The summed E-state index contributed by atoms with van der Waals surface area (Å²) in [4.78, 5) is 13.5. The van der Waals surface area contributed by atoms with Crippen LogP contribution in [0.3, 0.4) is 0 Å². The number of hydrogen-bond acceptors (Lipinski definition) is 3. The summed E-state index contributed by atoms with van der Waals surface area (Å²) in [5.41, 5.74) is 0. The molecule has 0 aliphatic carbocycles. The van der Waals surface area contributed by atoms with Gasteiger partial charge in [-0.25, -0.2) is 0 Å². The second-order valence-electron chi connectivity index (χ2n) is 4.55. The van der Waals surface area contributed by atoms with E-state index in [1.54, 1.807) is 4.90 Å². The number of para-hydroxylation sites is 1. The molecule has 0 aromatic heterocycles. The Kier molecular flexibility index (Phi) is 4.59. The van der Waals surface area contributed by atoms with Gasteiger partial charge in [0.25, 0.3) is 0 Å². The monoisotopic (exact) mass is 249 g/mol. The van der Waals surface area contributed by atoms with Crippen LogP contribution in [0.15, 0.2) is 30.3 Å². The molecule has 1 aliphatic rings. The summed E-state index contributed by atoms with van der Waals surface area (Å²) in [6, 6.07) is 9.59. The van der Waals surface area contributed by atoms with Crippen molar-refractivity contribution in [2.24, 2.45) is 0 Å². The predicted octanol–water partition coefficient (Wildman–Crippen LogP) is 1.44. The van der Waals surface area contributed by atoms with Gasteiger partial charge in [-0.1, -0.05) is 18.2 Å². The molecule has 0 radical (unpaired) electrons. The maximum absolute atomic E-state index is 11.8. The molecule has 1 atom stereocenters. The molecule has 0 spiro atoms. The number of benzene rings is 1. The Balaban J connectivity index is 1.62. The molecular weight excluding hydrogens is 230 g/mol. The summed E-state index contributed by atoms with van der Waals surface area (Å²) < 4.78 is 5.52. The van der Waals surface area contributed by atoms with Crippen molar-refractivity contribution in [1.29, 1.82) is 0 Å². The maximum Gasteiger partial charge on any atom is 0.222 e. The van der Waals surface area contributed by atoms with E-state index in [-0.39, 0.29) is 12.0 Å². The van der Waals surface area contributed by atoms with E-state index in [9.17, 15) is 9.90 Å². The lowest BCUT2D eigenvalue weighted by atomic mass is 10.3. The Labute approximate surface area is 107 Å². The molecule has 4 heteroatoms. The van der Waals surface area contributed by atoms with Crippen molar-refractivity contribution in [3.05, 3.63) is 30.3 Å². The second-order valence-corrected chi connectivity index (χ2v) is 4.55. The highest BCUT2D eigenvalue weighted by Crippen LogP contribution is 2.12. The van der Waals surface area contributed by atoms with Crippen LogP contribution >= 0.6 is 0 Å². The van der Waals surface area contributed by atoms with Crippen LogP contribution in [0.1, 0.15) is 19.3 Å². The molecule has 0 unspecified atom stereocenters. The first-order valence-corrected chi connectivity index (χ1v) is 6.39. The second kappa shape index (κ2) is 6.40. The van der Waals surface area contributed by atoms with Crippen LogP contribution in [0.4, 0.5) is 0 Å². The number of aliphatic hydroxyl groups is 1. The molecule has 1 heterocycles. The number of amides is 1. The minimum atomic E-state index is -0.338. The third kappa shape index (κ3) is 3.74. The molecule has 1 fully saturated rings. The number of aliphatic hydroxyl groups excluding tert-OH is 1. The van der Waals surface area contributed by atoms with Crippen molar-refractivity contribution in [3.63, 3.8) is 0 Å². The Hall–Kier alpha value is -1.55. The highest BCUT2D eigenvalue weighted by Gasteiger charge is 2.23. The van der Waals surface area contributed by atoms with Gasteiger partial charge in [0.1, 0.15) is 5.75 Å². The predicted molar refractivity (Wildman–Crippen MR) is 68.4 cm³/mol. The van der Waals surface area contributed by atoms with Crippen molar-refractivity contribution in [3.8, 4) is 5.75 Å². The molecule has 18 heavy (non-hydrogen) atoms. The maximum atomic E-state index is 11.8. The molecule has 2 rings (SSSR count). The van der Waals surface area contributed by atoms with E-state index in [1.165, 1.54) is 0 Å². The van der Waals surface area contributed by atoms with Gasteiger partial charge in [-0.3, -0.25) is 4.79 Å². The van der Waals surface area contributed by atoms with Crippen molar-refractivity contribution in [1.82, 2.24) is 4.90 Å². The Morgan fingerprint density at radius 1 is 1.39 bits per heavy atom. The van der Waals surface area contributed by atoms with Crippen LogP contribution < -0.4 is 4.74 Å². The average molecular weight is 249 g/mol. The van der Waals surface area contributed by atoms with Crippen molar-refractivity contribution < 1.29 is 14.6 Å². The number of likely N-dealkylation sites (tertiary alicyclic amines) is 1. The highest BCUT2D eigenvalue weighted by atomic mass is 16.5. The molecule has 0 bridgehead atoms. The third-order valence-electron chi connectivity index (χ3n) is 3.06. The van der Waals surface area contributed by atoms with E-state index in [4.69, 9.17) is 4.74 Å². The van der Waals surface area contributed by atoms with E-state index in [0.29, 0.717) is 39.0 Å². The number of nitrogens with zero attached hydrogens (tertiary/aromatic N) is 1. The van der Waals surface area contributed by atoms with Gasteiger partial charge >= 0.3 is 0 Å². The van der Waals surface area contributed by atoms with Gasteiger partial charge in [0.15, 0.2) is 0 Å². The quantitative estimate of drug-likeness (QED) is 0.803. The van der Waals surface area contributed by atoms with E-state index in [1.807, 2.05) is 30.3 Å². The first-order valence-electron chi connectivity index (χ1n) is 6.39. The molecule has 1 amide bonds. The molecular formula is C14H19NO3. The number of ether oxygens (including phenoxy) is 1. The smallest absolute Gasteiger partial charge is 0.222 e. The summed E-state index contributed by atoms with van der Waals surface area (Å²) in [6.07, 6.45) is 1.56. The standard InChI is InChI=1S/C14H19NO3/c16-12-8-9-15(11-12)14(17)7-4-10-18-13-5-2-1-3-6-13/h1-3,5-6,12,16H,4,7-11H2/t12-/m0/s1. The molecule has 1 aromatic carbocycles. The number of β-amino-alcohol motifs (C(OH)–C–C–N with tert-alkyl or cyclic N) is 1. The number of hydrogen-bond donors (Lipinski definition) is 1. The molecule has 1 aliphatic heterocycles. The third-order valence-corrected chi connectivity index (χ3v) is 3.06. The summed E-state index contributed by atoms with van der Waals surface area (Å²) in [7, 11) is 0. The highest BCUT2D eigenvalue weighted by molar-refractivity contribution is 5.76. The zero-order valence-electron chi connectivity index (χ0n) is 10.4. The summed E-state index contributed by atoms with van der Waals surface area (Å²) in [5.74, 6) is 0.949. The van der Waals surface area contributed by atoms with Crippen LogP contribution in [0, 0.1) is 0 Å². The topological polar surface area (TPSA) is 49.8 Å². The Bertz CT molecular complexity index is 380. The van der Waals surface area contributed by atoms with E-state index in [2.05, 4.69) is 0 Å². The molecule has 98 valence electrons. The Morgan fingerprint density at radius 3 is 2.83 bits per heavy atom. The lowest BCUT2D eigenvalue weighted by Gasteiger charge is -2.15. The van der Waals surface area contributed by atoms with Gasteiger partial charge in [0.05, 0.1) is 12.7 Å². The van der Waals surface area contributed by atoms with Crippen molar-refractivity contribution >= 4 is 5.91 Å². The van der Waals surface area contributed by atoms with Crippen LogP contribution in [-0.4, -0.2) is 41.7 Å². The zero-order chi connectivity index (χ0) is 12.8. The summed E-state index contributed by atoms with van der Waals surface area (Å²) in [6.45, 7) is 1.71. The number of carbonyl (C=O) groups excluding carboxylic acids is 1. The van der Waals surface area contributed by atoms with Crippen LogP contribution in [-0.2, 0) is 4.79 Å². The van der Waals surface area contributed by atoms with E-state index >= 15 is 0 Å². The van der Waals surface area contributed by atoms with E-state index in [0.717, 1.165) is 5.75 Å². The summed E-state index contributed by atoms with van der Waals surface area (Å²) >= 11 is 0. The van der Waals surface area contributed by atoms with Gasteiger partial charge in [0, 0.05) is 19.5 Å². The molecule has 1 N–H and O–H groups in total. The lowest BCUT2D eigenvalue weighted by molar-refractivity contribution is -0.130. The minimum Gasteiger partial charge on any atom is -0.494 e. The summed E-state index contributed by atoms with van der Waals surface area (Å²) in [5, 5.41) is 9.35. The van der Waals surface area contributed by atoms with Gasteiger partial charge in [0.2, 0.25) is 5.91 Å². The SMILES string of the molecule is O=C(CCCOc1ccccc1)N1CC[C@H](O)C1.